The molecule has 0 bridgehead atoms. The average Bonchev–Trinajstić information content (AvgIpc) is 2.91. The Morgan fingerprint density at radius 2 is 2.09 bits per heavy atom. The van der Waals surface area contributed by atoms with Crippen LogP contribution in [-0.2, 0) is 11.8 Å². The molecular weight excluding hydrogens is 298 g/mol. The first-order valence-electron chi connectivity index (χ1n) is 7.03. The van der Waals surface area contributed by atoms with E-state index in [2.05, 4.69) is 32.5 Å². The molecule has 0 saturated carbocycles. The molecule has 0 aliphatic carbocycles. The van der Waals surface area contributed by atoms with E-state index in [1.54, 1.807) is 10.9 Å². The minimum absolute atomic E-state index is 0.00391. The Kier molecular flexibility index (Phi) is 5.97. The molecule has 22 heavy (non-hydrogen) atoms. The van der Waals surface area contributed by atoms with Crippen molar-refractivity contribution in [3.8, 4) is 0 Å². The maximum Gasteiger partial charge on any atom is 0.230 e. The van der Waals surface area contributed by atoms with Crippen molar-refractivity contribution >= 4 is 17.7 Å². The van der Waals surface area contributed by atoms with E-state index < -0.39 is 0 Å². The van der Waals surface area contributed by atoms with Crippen LogP contribution in [-0.4, -0.2) is 52.0 Å². The Labute approximate surface area is 134 Å². The van der Waals surface area contributed by atoms with Crippen molar-refractivity contribution in [2.75, 3.05) is 26.4 Å². The number of aryl methyl sites for hydroxylation is 1. The second-order valence-electron chi connectivity index (χ2n) is 5.21. The molecule has 7 heteroatoms. The van der Waals surface area contributed by atoms with Crippen LogP contribution in [0.3, 0.4) is 0 Å². The van der Waals surface area contributed by atoms with Crippen molar-refractivity contribution in [3.63, 3.8) is 0 Å². The third-order valence-corrected chi connectivity index (χ3v) is 4.34. The van der Waals surface area contributed by atoms with Gasteiger partial charge in [0.25, 0.3) is 0 Å². The largest absolute Gasteiger partial charge is 0.353 e. The number of amides is 1. The fourth-order valence-electron chi connectivity index (χ4n) is 2.07. The molecule has 0 aliphatic heterocycles. The van der Waals surface area contributed by atoms with E-state index in [0.717, 1.165) is 5.16 Å². The van der Waals surface area contributed by atoms with E-state index in [0.29, 0.717) is 12.3 Å². The van der Waals surface area contributed by atoms with Crippen LogP contribution in [0.1, 0.15) is 11.6 Å². The zero-order valence-corrected chi connectivity index (χ0v) is 13.9. The normalized spacial score (nSPS) is 12.4. The Morgan fingerprint density at radius 1 is 1.36 bits per heavy atom. The fraction of sp³-hybridized carbons (Fsp3) is 0.400. The van der Waals surface area contributed by atoms with Gasteiger partial charge in [-0.15, -0.1) is 10.2 Å². The lowest BCUT2D eigenvalue weighted by molar-refractivity contribution is -0.118. The Hall–Kier alpha value is -1.86. The molecule has 1 aromatic heterocycles. The monoisotopic (exact) mass is 319 g/mol. The van der Waals surface area contributed by atoms with E-state index in [1.165, 1.54) is 17.3 Å². The van der Waals surface area contributed by atoms with Crippen LogP contribution >= 0.6 is 11.8 Å². The number of aromatic nitrogens is 3. The number of carbonyl (C=O) groups excluding carboxylic acids is 1. The standard InChI is InChI=1S/C15H21N5OS/c1-19(2)13(12-7-5-4-6-8-12)9-16-14(21)10-22-15-18-17-11-20(15)3/h4-8,11,13H,9-10H2,1-3H3,(H,16,21)/t13-/m1/s1. The summed E-state index contributed by atoms with van der Waals surface area (Å²) < 4.78 is 1.80. The van der Waals surface area contributed by atoms with Crippen molar-refractivity contribution in [2.45, 2.75) is 11.2 Å². The highest BCUT2D eigenvalue weighted by Gasteiger charge is 2.15. The highest BCUT2D eigenvalue weighted by atomic mass is 32.2. The molecule has 0 radical (unpaired) electrons. The summed E-state index contributed by atoms with van der Waals surface area (Å²) in [5.74, 6) is 0.331. The van der Waals surface area contributed by atoms with Gasteiger partial charge in [-0.1, -0.05) is 42.1 Å². The molecule has 2 aromatic rings. The molecule has 0 saturated heterocycles. The van der Waals surface area contributed by atoms with Crippen LogP contribution in [0.25, 0.3) is 0 Å². The van der Waals surface area contributed by atoms with E-state index in [9.17, 15) is 4.79 Å². The van der Waals surface area contributed by atoms with Gasteiger partial charge in [-0.05, 0) is 19.7 Å². The molecule has 1 atom stereocenters. The Bertz CT molecular complexity index is 599. The number of nitrogens with one attached hydrogen (secondary N) is 1. The van der Waals surface area contributed by atoms with Gasteiger partial charge in [0, 0.05) is 13.6 Å². The summed E-state index contributed by atoms with van der Waals surface area (Å²) in [5, 5.41) is 11.5. The molecule has 1 heterocycles. The predicted molar refractivity (Wildman–Crippen MR) is 87.6 cm³/mol. The molecule has 0 unspecified atom stereocenters. The zero-order chi connectivity index (χ0) is 15.9. The number of hydrogen-bond acceptors (Lipinski definition) is 5. The molecule has 1 aromatic carbocycles. The van der Waals surface area contributed by atoms with Crippen LogP contribution in [0.2, 0.25) is 0 Å². The van der Waals surface area contributed by atoms with Crippen molar-refractivity contribution in [1.29, 1.82) is 0 Å². The minimum Gasteiger partial charge on any atom is -0.353 e. The molecule has 6 nitrogen and oxygen atoms in total. The molecule has 0 aliphatic rings. The number of nitrogens with zero attached hydrogens (tertiary/aromatic N) is 4. The topological polar surface area (TPSA) is 63.1 Å². The van der Waals surface area contributed by atoms with Gasteiger partial charge in [0.2, 0.25) is 5.91 Å². The third-order valence-electron chi connectivity index (χ3n) is 3.30. The fourth-order valence-corrected chi connectivity index (χ4v) is 2.79. The predicted octanol–water partition coefficient (Wildman–Crippen LogP) is 1.33. The molecular formula is C15H21N5OS. The molecule has 2 rings (SSSR count). The second kappa shape index (κ2) is 7.95. The lowest BCUT2D eigenvalue weighted by atomic mass is 10.1. The van der Waals surface area contributed by atoms with E-state index in [-0.39, 0.29) is 11.9 Å². The summed E-state index contributed by atoms with van der Waals surface area (Å²) in [7, 11) is 5.88. The van der Waals surface area contributed by atoms with Crippen molar-refractivity contribution in [2.24, 2.45) is 7.05 Å². The molecule has 0 spiro atoms. The summed E-state index contributed by atoms with van der Waals surface area (Å²) in [5.41, 5.74) is 1.19. The van der Waals surface area contributed by atoms with Crippen molar-refractivity contribution in [1.82, 2.24) is 25.0 Å². The second-order valence-corrected chi connectivity index (χ2v) is 6.15. The molecule has 1 amide bonds. The van der Waals surface area contributed by atoms with Crippen LogP contribution < -0.4 is 5.32 Å². The number of thioether (sulfide) groups is 1. The van der Waals surface area contributed by atoms with Gasteiger partial charge in [0.05, 0.1) is 11.8 Å². The maximum absolute atomic E-state index is 12.0. The lowest BCUT2D eigenvalue weighted by Gasteiger charge is -2.25. The van der Waals surface area contributed by atoms with Crippen LogP contribution in [0.15, 0.2) is 41.8 Å². The lowest BCUT2D eigenvalue weighted by Crippen LogP contribution is -2.35. The first-order valence-corrected chi connectivity index (χ1v) is 8.01. The SMILES string of the molecule is CN(C)[C@H](CNC(=O)CSc1nncn1C)c1ccccc1. The summed E-state index contributed by atoms with van der Waals surface area (Å²) in [6, 6.07) is 10.3. The van der Waals surface area contributed by atoms with Gasteiger partial charge >= 0.3 is 0 Å². The summed E-state index contributed by atoms with van der Waals surface area (Å²) in [6.07, 6.45) is 1.62. The van der Waals surface area contributed by atoms with Crippen molar-refractivity contribution < 1.29 is 4.79 Å². The number of carbonyl (C=O) groups is 1. The van der Waals surface area contributed by atoms with Crippen LogP contribution in [0.5, 0.6) is 0 Å². The molecule has 118 valence electrons. The van der Waals surface area contributed by atoms with Crippen LogP contribution in [0, 0.1) is 0 Å². The smallest absolute Gasteiger partial charge is 0.230 e. The Balaban J connectivity index is 1.84. The zero-order valence-electron chi connectivity index (χ0n) is 13.1. The number of likely N-dealkylation sites (N-methyl/N-ethyl adjacent to an activating group) is 1. The number of rotatable bonds is 7. The third kappa shape index (κ3) is 4.57. The van der Waals surface area contributed by atoms with Crippen LogP contribution in [0.4, 0.5) is 0 Å². The maximum atomic E-state index is 12.0. The van der Waals surface area contributed by atoms with E-state index in [1.807, 2.05) is 39.3 Å². The highest BCUT2D eigenvalue weighted by Crippen LogP contribution is 2.17. The minimum atomic E-state index is -0.00391. The van der Waals surface area contributed by atoms with Crippen molar-refractivity contribution in [3.05, 3.63) is 42.2 Å². The quantitative estimate of drug-likeness (QED) is 0.780. The van der Waals surface area contributed by atoms with Gasteiger partial charge in [0.15, 0.2) is 5.16 Å². The van der Waals surface area contributed by atoms with E-state index in [4.69, 9.17) is 0 Å². The van der Waals surface area contributed by atoms with Gasteiger partial charge in [-0.25, -0.2) is 0 Å². The number of hydrogen-bond donors (Lipinski definition) is 1. The average molecular weight is 319 g/mol. The van der Waals surface area contributed by atoms with Gasteiger partial charge in [-0.3, -0.25) is 4.79 Å². The van der Waals surface area contributed by atoms with Gasteiger partial charge in [-0.2, -0.15) is 0 Å². The van der Waals surface area contributed by atoms with Gasteiger partial charge in [0.1, 0.15) is 6.33 Å². The summed E-state index contributed by atoms with van der Waals surface area (Å²) in [4.78, 5) is 14.1. The Morgan fingerprint density at radius 3 is 2.68 bits per heavy atom. The first-order chi connectivity index (χ1) is 10.6. The highest BCUT2D eigenvalue weighted by molar-refractivity contribution is 7.99. The summed E-state index contributed by atoms with van der Waals surface area (Å²) >= 11 is 1.38. The summed E-state index contributed by atoms with van der Waals surface area (Å²) in [6.45, 7) is 0.579. The van der Waals surface area contributed by atoms with E-state index >= 15 is 0 Å². The van der Waals surface area contributed by atoms with Gasteiger partial charge < -0.3 is 14.8 Å². The number of benzene rings is 1. The molecule has 0 fully saturated rings. The molecule has 1 N–H and O–H groups in total. The first kappa shape index (κ1) is 16.5.